The first-order valence-corrected chi connectivity index (χ1v) is 5.53. The monoisotopic (exact) mass is 214 g/mol. The number of likely N-dealkylation sites (N-methyl/N-ethyl adjacent to an activating group) is 1. The van der Waals surface area contributed by atoms with Crippen LogP contribution in [0.4, 0.5) is 0 Å². The molecular formula is C11H22N2O2. The Hall–Kier alpha value is -1.06. The van der Waals surface area contributed by atoms with Crippen LogP contribution in [0.2, 0.25) is 0 Å². The molecule has 0 heterocycles. The van der Waals surface area contributed by atoms with Crippen LogP contribution in [-0.2, 0) is 9.59 Å². The Morgan fingerprint density at radius 3 is 2.27 bits per heavy atom. The van der Waals surface area contributed by atoms with Crippen molar-refractivity contribution in [2.24, 2.45) is 5.92 Å². The first-order valence-electron chi connectivity index (χ1n) is 5.53. The lowest BCUT2D eigenvalue weighted by atomic mass is 10.0. The molecule has 0 radical (unpaired) electrons. The fraction of sp³-hybridized carbons (Fsp3) is 0.818. The van der Waals surface area contributed by atoms with Gasteiger partial charge in [-0.15, -0.1) is 0 Å². The van der Waals surface area contributed by atoms with Gasteiger partial charge >= 0.3 is 0 Å². The Labute approximate surface area is 91.8 Å². The van der Waals surface area contributed by atoms with Crippen LogP contribution in [-0.4, -0.2) is 24.9 Å². The lowest BCUT2D eigenvalue weighted by Crippen LogP contribution is -2.48. The summed E-state index contributed by atoms with van der Waals surface area (Å²) in [5, 5.41) is 5.31. The van der Waals surface area contributed by atoms with E-state index in [1.807, 2.05) is 20.8 Å². The van der Waals surface area contributed by atoms with E-state index < -0.39 is 6.04 Å². The van der Waals surface area contributed by atoms with Gasteiger partial charge in [0.15, 0.2) is 0 Å². The number of carbonyl (C=O) groups is 2. The van der Waals surface area contributed by atoms with E-state index in [1.54, 1.807) is 7.05 Å². The molecule has 0 saturated heterocycles. The van der Waals surface area contributed by atoms with E-state index >= 15 is 0 Å². The minimum Gasteiger partial charge on any atom is -0.357 e. The maximum Gasteiger partial charge on any atom is 0.242 e. The molecular weight excluding hydrogens is 192 g/mol. The second kappa shape index (κ2) is 7.26. The Bertz CT molecular complexity index is 215. The van der Waals surface area contributed by atoms with Gasteiger partial charge in [-0.1, -0.05) is 27.2 Å². The van der Waals surface area contributed by atoms with E-state index in [0.717, 1.165) is 12.8 Å². The summed E-state index contributed by atoms with van der Waals surface area (Å²) < 4.78 is 0. The van der Waals surface area contributed by atoms with Crippen molar-refractivity contribution in [3.63, 3.8) is 0 Å². The predicted molar refractivity (Wildman–Crippen MR) is 60.4 cm³/mol. The van der Waals surface area contributed by atoms with Gasteiger partial charge in [-0.25, -0.2) is 0 Å². The van der Waals surface area contributed by atoms with Crippen LogP contribution in [0.1, 0.15) is 40.0 Å². The molecule has 1 atom stereocenters. The maximum atomic E-state index is 11.4. The average Bonchev–Trinajstić information content (AvgIpc) is 2.21. The fourth-order valence-corrected chi connectivity index (χ4v) is 1.27. The minimum absolute atomic E-state index is 0.0425. The van der Waals surface area contributed by atoms with Crippen molar-refractivity contribution in [1.29, 1.82) is 0 Å². The third-order valence-electron chi connectivity index (χ3n) is 2.27. The van der Waals surface area contributed by atoms with Crippen LogP contribution < -0.4 is 10.6 Å². The molecule has 2 N–H and O–H groups in total. The Kier molecular flexibility index (Phi) is 6.75. The second-order valence-corrected chi connectivity index (χ2v) is 4.01. The van der Waals surface area contributed by atoms with Crippen LogP contribution >= 0.6 is 0 Å². The zero-order valence-corrected chi connectivity index (χ0v) is 10.1. The normalized spacial score (nSPS) is 12.3. The molecule has 0 aromatic carbocycles. The molecule has 88 valence electrons. The molecule has 0 aromatic heterocycles. The largest absolute Gasteiger partial charge is 0.357 e. The van der Waals surface area contributed by atoms with Gasteiger partial charge in [0.1, 0.15) is 6.04 Å². The van der Waals surface area contributed by atoms with Gasteiger partial charge < -0.3 is 10.6 Å². The van der Waals surface area contributed by atoms with Gasteiger partial charge in [-0.2, -0.15) is 0 Å². The number of unbranched alkanes of at least 4 members (excludes halogenated alkanes) is 1. The molecule has 0 unspecified atom stereocenters. The smallest absolute Gasteiger partial charge is 0.242 e. The third kappa shape index (κ3) is 5.40. The van der Waals surface area contributed by atoms with Gasteiger partial charge in [0.25, 0.3) is 0 Å². The summed E-state index contributed by atoms with van der Waals surface area (Å²) in [4.78, 5) is 22.9. The second-order valence-electron chi connectivity index (χ2n) is 4.01. The molecule has 0 aromatic rings. The topological polar surface area (TPSA) is 58.2 Å². The summed E-state index contributed by atoms with van der Waals surface area (Å²) in [6, 6.07) is -0.417. The number of hydrogen-bond acceptors (Lipinski definition) is 2. The van der Waals surface area contributed by atoms with E-state index in [1.165, 1.54) is 0 Å². The summed E-state index contributed by atoms with van der Waals surface area (Å²) in [6.07, 6.45) is 2.35. The lowest BCUT2D eigenvalue weighted by Gasteiger charge is -2.20. The molecule has 4 nitrogen and oxygen atoms in total. The van der Waals surface area contributed by atoms with Crippen LogP contribution in [0, 0.1) is 5.92 Å². The summed E-state index contributed by atoms with van der Waals surface area (Å²) >= 11 is 0. The molecule has 2 amide bonds. The van der Waals surface area contributed by atoms with E-state index in [4.69, 9.17) is 0 Å². The van der Waals surface area contributed by atoms with E-state index in [-0.39, 0.29) is 17.7 Å². The van der Waals surface area contributed by atoms with Crippen LogP contribution in [0.5, 0.6) is 0 Å². The van der Waals surface area contributed by atoms with Crippen molar-refractivity contribution in [3.8, 4) is 0 Å². The van der Waals surface area contributed by atoms with Gasteiger partial charge in [0.05, 0.1) is 0 Å². The van der Waals surface area contributed by atoms with Crippen molar-refractivity contribution in [2.45, 2.75) is 46.1 Å². The number of amides is 2. The molecule has 0 spiro atoms. The third-order valence-corrected chi connectivity index (χ3v) is 2.27. The molecule has 0 aliphatic rings. The van der Waals surface area contributed by atoms with E-state index in [2.05, 4.69) is 10.6 Å². The highest BCUT2D eigenvalue weighted by Gasteiger charge is 2.22. The Morgan fingerprint density at radius 1 is 1.27 bits per heavy atom. The Morgan fingerprint density at radius 2 is 1.87 bits per heavy atom. The first kappa shape index (κ1) is 13.9. The highest BCUT2D eigenvalue weighted by Crippen LogP contribution is 2.03. The van der Waals surface area contributed by atoms with Crippen molar-refractivity contribution in [3.05, 3.63) is 0 Å². The molecule has 0 rings (SSSR count). The SMILES string of the molecule is CCCCC(=O)N[C@H](C(=O)NC)C(C)C. The zero-order valence-electron chi connectivity index (χ0n) is 10.1. The van der Waals surface area contributed by atoms with E-state index in [0.29, 0.717) is 6.42 Å². The van der Waals surface area contributed by atoms with Gasteiger partial charge in [0.2, 0.25) is 11.8 Å². The molecule has 0 fully saturated rings. The summed E-state index contributed by atoms with van der Waals surface area (Å²) in [6.45, 7) is 5.87. The molecule has 0 bridgehead atoms. The number of rotatable bonds is 6. The van der Waals surface area contributed by atoms with Gasteiger partial charge in [-0.05, 0) is 12.3 Å². The summed E-state index contributed by atoms with van der Waals surface area (Å²) in [5.41, 5.74) is 0. The Balaban J connectivity index is 4.17. The highest BCUT2D eigenvalue weighted by molar-refractivity contribution is 5.87. The molecule has 0 aliphatic heterocycles. The zero-order chi connectivity index (χ0) is 11.8. The summed E-state index contributed by atoms with van der Waals surface area (Å²) in [7, 11) is 1.58. The quantitative estimate of drug-likeness (QED) is 0.694. The van der Waals surface area contributed by atoms with Crippen LogP contribution in [0.15, 0.2) is 0 Å². The standard InChI is InChI=1S/C11H22N2O2/c1-5-6-7-9(14)13-10(8(2)3)11(15)12-4/h8,10H,5-7H2,1-4H3,(H,12,15)(H,13,14)/t10-/m0/s1. The predicted octanol–water partition coefficient (Wildman–Crippen LogP) is 1.06. The fourth-order valence-electron chi connectivity index (χ4n) is 1.27. The number of carbonyl (C=O) groups excluding carboxylic acids is 2. The van der Waals surface area contributed by atoms with Crippen LogP contribution in [0.3, 0.4) is 0 Å². The molecule has 15 heavy (non-hydrogen) atoms. The number of nitrogens with one attached hydrogen (secondary N) is 2. The van der Waals surface area contributed by atoms with Gasteiger partial charge in [-0.3, -0.25) is 9.59 Å². The average molecular weight is 214 g/mol. The summed E-state index contributed by atoms with van der Waals surface area (Å²) in [5.74, 6) is -0.0653. The van der Waals surface area contributed by atoms with Crippen molar-refractivity contribution < 1.29 is 9.59 Å². The van der Waals surface area contributed by atoms with Crippen molar-refractivity contribution in [1.82, 2.24) is 10.6 Å². The molecule has 0 saturated carbocycles. The van der Waals surface area contributed by atoms with Crippen molar-refractivity contribution >= 4 is 11.8 Å². The van der Waals surface area contributed by atoms with Crippen LogP contribution in [0.25, 0.3) is 0 Å². The maximum absolute atomic E-state index is 11.4. The first-order chi connectivity index (χ1) is 7.02. The minimum atomic E-state index is -0.417. The molecule has 0 aliphatic carbocycles. The lowest BCUT2D eigenvalue weighted by molar-refractivity contribution is -0.129. The molecule has 4 heteroatoms. The van der Waals surface area contributed by atoms with Gasteiger partial charge in [0, 0.05) is 13.5 Å². The van der Waals surface area contributed by atoms with Crippen molar-refractivity contribution in [2.75, 3.05) is 7.05 Å². The number of hydrogen-bond donors (Lipinski definition) is 2. The van der Waals surface area contributed by atoms with E-state index in [9.17, 15) is 9.59 Å². The highest BCUT2D eigenvalue weighted by atomic mass is 16.2.